The Kier molecular flexibility index (Phi) is 4.87. The Bertz CT molecular complexity index is 554. The molecule has 1 amide bonds. The maximum absolute atomic E-state index is 13.0. The summed E-state index contributed by atoms with van der Waals surface area (Å²) in [4.78, 5) is 14.9. The molecule has 23 heavy (non-hydrogen) atoms. The van der Waals surface area contributed by atoms with E-state index in [9.17, 15) is 4.79 Å². The number of carbonyl (C=O) groups is 1. The lowest BCUT2D eigenvalue weighted by Gasteiger charge is -2.37. The first-order valence-corrected chi connectivity index (χ1v) is 8.19. The van der Waals surface area contributed by atoms with Gasteiger partial charge in [0.2, 0.25) is 0 Å². The van der Waals surface area contributed by atoms with Gasteiger partial charge in [0.1, 0.15) is 5.75 Å². The van der Waals surface area contributed by atoms with Gasteiger partial charge in [-0.3, -0.25) is 4.79 Å². The number of hydrogen-bond acceptors (Lipinski definition) is 4. The zero-order valence-electron chi connectivity index (χ0n) is 13.9. The second kappa shape index (κ2) is 6.89. The minimum Gasteiger partial charge on any atom is -0.496 e. The van der Waals surface area contributed by atoms with Crippen molar-refractivity contribution in [3.63, 3.8) is 0 Å². The monoisotopic (exact) mass is 319 g/mol. The minimum absolute atomic E-state index is 0.0481. The van der Waals surface area contributed by atoms with Crippen molar-refractivity contribution < 1.29 is 19.0 Å². The summed E-state index contributed by atoms with van der Waals surface area (Å²) in [5.74, 6) is 1.05. The van der Waals surface area contributed by atoms with Crippen molar-refractivity contribution in [2.45, 2.75) is 12.8 Å². The molecule has 1 spiro atoms. The molecule has 2 heterocycles. The van der Waals surface area contributed by atoms with E-state index in [1.54, 1.807) is 14.2 Å². The van der Waals surface area contributed by atoms with Gasteiger partial charge in [0.15, 0.2) is 0 Å². The standard InChI is InChI=1S/C18H25NO4/c1-21-12-14-11-19(13-18(14)7-9-23-10-8-18)17(20)15-5-3-4-6-16(15)22-2/h3-6,14H,7-13H2,1-2H3. The number of methoxy groups -OCH3 is 2. The van der Waals surface area contributed by atoms with Crippen LogP contribution in [0.4, 0.5) is 0 Å². The molecule has 2 saturated heterocycles. The number of carbonyl (C=O) groups excluding carboxylic acids is 1. The maximum Gasteiger partial charge on any atom is 0.257 e. The number of likely N-dealkylation sites (tertiary alicyclic amines) is 1. The molecule has 0 radical (unpaired) electrons. The third-order valence-corrected chi connectivity index (χ3v) is 5.29. The predicted octanol–water partition coefficient (Wildman–Crippen LogP) is 2.21. The molecule has 2 aliphatic rings. The van der Waals surface area contributed by atoms with Gasteiger partial charge < -0.3 is 19.1 Å². The van der Waals surface area contributed by atoms with Gasteiger partial charge in [-0.25, -0.2) is 0 Å². The number of rotatable bonds is 4. The topological polar surface area (TPSA) is 48.0 Å². The van der Waals surface area contributed by atoms with Gasteiger partial charge in [0, 0.05) is 39.3 Å². The fraction of sp³-hybridized carbons (Fsp3) is 0.611. The first-order chi connectivity index (χ1) is 11.2. The SMILES string of the molecule is COCC1CN(C(=O)c2ccccc2OC)CC12CCOCC2. The van der Waals surface area contributed by atoms with Crippen LogP contribution in [-0.4, -0.2) is 57.9 Å². The summed E-state index contributed by atoms with van der Waals surface area (Å²) in [5, 5.41) is 0. The van der Waals surface area contributed by atoms with Crippen molar-refractivity contribution >= 4 is 5.91 Å². The Labute approximate surface area is 137 Å². The van der Waals surface area contributed by atoms with Crippen molar-refractivity contribution in [1.29, 1.82) is 0 Å². The molecule has 0 aromatic heterocycles. The number of nitrogens with zero attached hydrogens (tertiary/aromatic N) is 1. The van der Waals surface area contributed by atoms with Crippen molar-refractivity contribution in [2.75, 3.05) is 47.1 Å². The van der Waals surface area contributed by atoms with Gasteiger partial charge in [-0.2, -0.15) is 0 Å². The zero-order valence-corrected chi connectivity index (χ0v) is 13.9. The van der Waals surface area contributed by atoms with Crippen LogP contribution >= 0.6 is 0 Å². The molecule has 1 aromatic carbocycles. The maximum atomic E-state index is 13.0. The number of amides is 1. The third-order valence-electron chi connectivity index (χ3n) is 5.29. The van der Waals surface area contributed by atoms with E-state index < -0.39 is 0 Å². The fourth-order valence-electron chi connectivity index (χ4n) is 3.95. The van der Waals surface area contributed by atoms with Gasteiger partial charge in [-0.15, -0.1) is 0 Å². The molecular weight excluding hydrogens is 294 g/mol. The van der Waals surface area contributed by atoms with Gasteiger partial charge in [-0.1, -0.05) is 12.1 Å². The summed E-state index contributed by atoms with van der Waals surface area (Å²) >= 11 is 0. The Morgan fingerprint density at radius 1 is 1.30 bits per heavy atom. The van der Waals surface area contributed by atoms with Crippen molar-refractivity contribution in [1.82, 2.24) is 4.90 Å². The fourth-order valence-corrected chi connectivity index (χ4v) is 3.95. The summed E-state index contributed by atoms with van der Waals surface area (Å²) in [7, 11) is 3.33. The molecule has 0 N–H and O–H groups in total. The number of benzene rings is 1. The van der Waals surface area contributed by atoms with Crippen LogP contribution in [0.1, 0.15) is 23.2 Å². The van der Waals surface area contributed by atoms with Crippen LogP contribution < -0.4 is 4.74 Å². The van der Waals surface area contributed by atoms with E-state index in [-0.39, 0.29) is 11.3 Å². The van der Waals surface area contributed by atoms with E-state index in [4.69, 9.17) is 14.2 Å². The van der Waals surface area contributed by atoms with E-state index >= 15 is 0 Å². The zero-order chi connectivity index (χ0) is 16.3. The molecule has 0 saturated carbocycles. The van der Waals surface area contributed by atoms with Crippen LogP contribution in [0.25, 0.3) is 0 Å². The van der Waals surface area contributed by atoms with Crippen LogP contribution in [0.5, 0.6) is 5.75 Å². The average Bonchev–Trinajstić information content (AvgIpc) is 2.93. The van der Waals surface area contributed by atoms with E-state index in [1.807, 2.05) is 29.2 Å². The highest BCUT2D eigenvalue weighted by molar-refractivity contribution is 5.97. The van der Waals surface area contributed by atoms with Crippen LogP contribution in [0.2, 0.25) is 0 Å². The molecule has 2 aliphatic heterocycles. The minimum atomic E-state index is 0.0481. The highest BCUT2D eigenvalue weighted by Crippen LogP contribution is 2.45. The van der Waals surface area contributed by atoms with Crippen LogP contribution in [0.3, 0.4) is 0 Å². The molecule has 126 valence electrons. The predicted molar refractivity (Wildman–Crippen MR) is 86.7 cm³/mol. The molecule has 5 nitrogen and oxygen atoms in total. The van der Waals surface area contributed by atoms with E-state index in [2.05, 4.69) is 0 Å². The first-order valence-electron chi connectivity index (χ1n) is 8.19. The molecule has 1 unspecified atom stereocenters. The lowest BCUT2D eigenvalue weighted by Crippen LogP contribution is -2.39. The van der Waals surface area contributed by atoms with E-state index in [0.717, 1.165) is 39.1 Å². The highest BCUT2D eigenvalue weighted by Gasteiger charge is 2.48. The van der Waals surface area contributed by atoms with Crippen molar-refractivity contribution in [2.24, 2.45) is 11.3 Å². The molecule has 0 bridgehead atoms. The Morgan fingerprint density at radius 2 is 2.04 bits per heavy atom. The summed E-state index contributed by atoms with van der Waals surface area (Å²) < 4.78 is 16.3. The lowest BCUT2D eigenvalue weighted by molar-refractivity contribution is -0.0169. The number of para-hydroxylation sites is 1. The Morgan fingerprint density at radius 3 is 2.74 bits per heavy atom. The smallest absolute Gasteiger partial charge is 0.257 e. The van der Waals surface area contributed by atoms with Gasteiger partial charge in [0.25, 0.3) is 5.91 Å². The summed E-state index contributed by atoms with van der Waals surface area (Å²) in [6, 6.07) is 7.43. The van der Waals surface area contributed by atoms with Crippen molar-refractivity contribution in [3.05, 3.63) is 29.8 Å². The van der Waals surface area contributed by atoms with Gasteiger partial charge >= 0.3 is 0 Å². The van der Waals surface area contributed by atoms with E-state index in [1.165, 1.54) is 0 Å². The van der Waals surface area contributed by atoms with Crippen molar-refractivity contribution in [3.8, 4) is 5.75 Å². The Hall–Kier alpha value is -1.59. The molecular formula is C18H25NO4. The van der Waals surface area contributed by atoms with Crippen LogP contribution in [-0.2, 0) is 9.47 Å². The summed E-state index contributed by atoms with van der Waals surface area (Å²) in [6.45, 7) is 3.76. The first kappa shape index (κ1) is 16.3. The second-order valence-electron chi connectivity index (χ2n) is 6.51. The molecule has 2 fully saturated rings. The summed E-state index contributed by atoms with van der Waals surface area (Å²) in [5.41, 5.74) is 0.765. The van der Waals surface area contributed by atoms with Gasteiger partial charge in [-0.05, 0) is 30.4 Å². The second-order valence-corrected chi connectivity index (χ2v) is 6.51. The summed E-state index contributed by atoms with van der Waals surface area (Å²) in [6.07, 6.45) is 1.99. The third kappa shape index (κ3) is 3.08. The highest BCUT2D eigenvalue weighted by atomic mass is 16.5. The lowest BCUT2D eigenvalue weighted by atomic mass is 9.72. The van der Waals surface area contributed by atoms with Gasteiger partial charge in [0.05, 0.1) is 19.3 Å². The Balaban J connectivity index is 1.82. The van der Waals surface area contributed by atoms with Crippen LogP contribution in [0.15, 0.2) is 24.3 Å². The number of hydrogen-bond donors (Lipinski definition) is 0. The number of ether oxygens (including phenoxy) is 3. The molecule has 3 rings (SSSR count). The van der Waals surface area contributed by atoms with Crippen LogP contribution in [0, 0.1) is 11.3 Å². The normalized spacial score (nSPS) is 23.2. The largest absolute Gasteiger partial charge is 0.496 e. The average molecular weight is 319 g/mol. The quantitative estimate of drug-likeness (QED) is 0.854. The molecule has 0 aliphatic carbocycles. The molecule has 5 heteroatoms. The molecule has 1 aromatic rings. The van der Waals surface area contributed by atoms with E-state index in [0.29, 0.717) is 23.8 Å². The molecule has 1 atom stereocenters.